The van der Waals surface area contributed by atoms with Gasteiger partial charge >= 0.3 is 6.18 Å². The molecule has 0 aliphatic carbocycles. The largest absolute Gasteiger partial charge is 0.506 e. The Morgan fingerprint density at radius 3 is 2.41 bits per heavy atom. The molecule has 0 saturated heterocycles. The molecule has 0 atom stereocenters. The minimum atomic E-state index is -4.55. The summed E-state index contributed by atoms with van der Waals surface area (Å²) < 4.78 is 66.1. The molecule has 0 saturated carbocycles. The number of halogens is 4. The van der Waals surface area contributed by atoms with Gasteiger partial charge in [-0.25, -0.2) is 8.42 Å². The monoisotopic (exact) mass is 484 g/mol. The Bertz CT molecular complexity index is 1260. The average Bonchev–Trinajstić information content (AvgIpc) is 2.68. The quantitative estimate of drug-likeness (QED) is 0.427. The lowest BCUT2D eigenvalue weighted by atomic mass is 10.1. The van der Waals surface area contributed by atoms with Crippen LogP contribution in [0.2, 0.25) is 5.02 Å². The molecule has 0 spiro atoms. The van der Waals surface area contributed by atoms with Crippen molar-refractivity contribution in [2.75, 3.05) is 10.0 Å². The summed E-state index contributed by atoms with van der Waals surface area (Å²) in [4.78, 5) is 12.0. The second kappa shape index (κ2) is 9.09. The zero-order valence-electron chi connectivity index (χ0n) is 16.2. The average molecular weight is 485 g/mol. The van der Waals surface area contributed by atoms with Gasteiger partial charge in [0.1, 0.15) is 5.75 Å². The van der Waals surface area contributed by atoms with Gasteiger partial charge in [0.2, 0.25) is 5.91 Å². The summed E-state index contributed by atoms with van der Waals surface area (Å²) in [6, 6.07) is 13.5. The number of hydrogen-bond donors (Lipinski definition) is 3. The van der Waals surface area contributed by atoms with Crippen LogP contribution in [-0.2, 0) is 27.4 Å². The van der Waals surface area contributed by atoms with Crippen molar-refractivity contribution in [3.8, 4) is 5.75 Å². The van der Waals surface area contributed by atoms with Crippen molar-refractivity contribution in [1.82, 2.24) is 0 Å². The first-order valence-corrected chi connectivity index (χ1v) is 10.9. The lowest BCUT2D eigenvalue weighted by Gasteiger charge is -2.12. The molecule has 0 unspecified atom stereocenters. The Morgan fingerprint density at radius 2 is 1.72 bits per heavy atom. The third-order valence-electron chi connectivity index (χ3n) is 4.25. The second-order valence-electron chi connectivity index (χ2n) is 6.72. The highest BCUT2D eigenvalue weighted by Crippen LogP contribution is 2.30. The number of amides is 1. The predicted molar refractivity (Wildman–Crippen MR) is 114 cm³/mol. The molecule has 0 radical (unpaired) electrons. The molecular weight excluding hydrogens is 469 g/mol. The SMILES string of the molecule is O=C(Cc1cccc(C(F)(F)F)c1)Nc1cc(S(=O)(=O)Nc2cccc(Cl)c2)ccc1O. The molecule has 0 aliphatic rings. The van der Waals surface area contributed by atoms with Crippen molar-refractivity contribution in [3.63, 3.8) is 0 Å². The predicted octanol–water partition coefficient (Wildman–Crippen LogP) is 5.05. The number of rotatable bonds is 6. The maximum Gasteiger partial charge on any atom is 0.416 e. The van der Waals surface area contributed by atoms with Gasteiger partial charge < -0.3 is 10.4 Å². The summed E-state index contributed by atoms with van der Waals surface area (Å²) in [5.41, 5.74) is -0.800. The van der Waals surface area contributed by atoms with Gasteiger partial charge in [-0.1, -0.05) is 35.9 Å². The van der Waals surface area contributed by atoms with E-state index in [9.17, 15) is 31.5 Å². The molecule has 1 amide bonds. The van der Waals surface area contributed by atoms with Crippen molar-refractivity contribution in [2.45, 2.75) is 17.5 Å². The van der Waals surface area contributed by atoms with Gasteiger partial charge in [-0.3, -0.25) is 9.52 Å². The Hall–Kier alpha value is -3.24. The van der Waals surface area contributed by atoms with E-state index >= 15 is 0 Å². The van der Waals surface area contributed by atoms with Crippen LogP contribution in [0.25, 0.3) is 0 Å². The lowest BCUT2D eigenvalue weighted by Crippen LogP contribution is -2.17. The number of hydrogen-bond acceptors (Lipinski definition) is 4. The number of aromatic hydroxyl groups is 1. The topological polar surface area (TPSA) is 95.5 Å². The second-order valence-corrected chi connectivity index (χ2v) is 8.84. The summed E-state index contributed by atoms with van der Waals surface area (Å²) >= 11 is 5.85. The van der Waals surface area contributed by atoms with E-state index in [1.165, 1.54) is 24.3 Å². The van der Waals surface area contributed by atoms with E-state index in [1.54, 1.807) is 12.1 Å². The fourth-order valence-corrected chi connectivity index (χ4v) is 4.05. The highest BCUT2D eigenvalue weighted by molar-refractivity contribution is 7.92. The minimum absolute atomic E-state index is 0.100. The number of phenolic OH excluding ortho intramolecular Hbond substituents is 1. The van der Waals surface area contributed by atoms with E-state index in [2.05, 4.69) is 10.0 Å². The minimum Gasteiger partial charge on any atom is -0.506 e. The van der Waals surface area contributed by atoms with E-state index < -0.39 is 39.8 Å². The van der Waals surface area contributed by atoms with Gasteiger partial charge in [-0.05, 0) is 48.0 Å². The maximum absolute atomic E-state index is 12.8. The molecule has 6 nitrogen and oxygen atoms in total. The van der Waals surface area contributed by atoms with Crippen LogP contribution >= 0.6 is 11.6 Å². The van der Waals surface area contributed by atoms with Crippen LogP contribution in [0.15, 0.2) is 71.6 Å². The molecule has 3 aromatic carbocycles. The van der Waals surface area contributed by atoms with Gasteiger partial charge in [0.25, 0.3) is 10.0 Å². The molecule has 11 heteroatoms. The van der Waals surface area contributed by atoms with E-state index in [0.717, 1.165) is 30.3 Å². The maximum atomic E-state index is 12.8. The molecule has 0 fully saturated rings. The highest BCUT2D eigenvalue weighted by Gasteiger charge is 2.30. The Labute approximate surface area is 186 Å². The molecule has 168 valence electrons. The van der Waals surface area contributed by atoms with Crippen LogP contribution in [0, 0.1) is 0 Å². The number of phenols is 1. The zero-order chi connectivity index (χ0) is 23.5. The summed E-state index contributed by atoms with van der Waals surface area (Å²) in [6.07, 6.45) is -4.97. The highest BCUT2D eigenvalue weighted by atomic mass is 35.5. The smallest absolute Gasteiger partial charge is 0.416 e. The standard InChI is InChI=1S/C21H16ClF3N2O4S/c22-15-5-2-6-16(11-15)27-32(30,31)17-7-8-19(28)18(12-17)26-20(29)10-13-3-1-4-14(9-13)21(23,24)25/h1-9,11-12,27-28H,10H2,(H,26,29). The van der Waals surface area contributed by atoms with E-state index in [1.807, 2.05) is 0 Å². The number of nitrogens with one attached hydrogen (secondary N) is 2. The fourth-order valence-electron chi connectivity index (χ4n) is 2.79. The Balaban J connectivity index is 1.78. The van der Waals surface area contributed by atoms with Crippen LogP contribution in [0.1, 0.15) is 11.1 Å². The van der Waals surface area contributed by atoms with E-state index in [4.69, 9.17) is 11.6 Å². The van der Waals surface area contributed by atoms with Crippen LogP contribution in [0.4, 0.5) is 24.5 Å². The van der Waals surface area contributed by atoms with Gasteiger partial charge in [-0.15, -0.1) is 0 Å². The molecule has 3 aromatic rings. The first-order chi connectivity index (χ1) is 14.9. The van der Waals surface area contributed by atoms with Crippen molar-refractivity contribution in [2.24, 2.45) is 0 Å². The third-order valence-corrected chi connectivity index (χ3v) is 5.86. The molecule has 0 heterocycles. The van der Waals surface area contributed by atoms with E-state index in [0.29, 0.717) is 5.02 Å². The van der Waals surface area contributed by atoms with Crippen molar-refractivity contribution in [1.29, 1.82) is 0 Å². The van der Waals surface area contributed by atoms with Gasteiger partial charge in [0.15, 0.2) is 0 Å². The Kier molecular flexibility index (Phi) is 6.65. The fraction of sp³-hybridized carbons (Fsp3) is 0.0952. The zero-order valence-corrected chi connectivity index (χ0v) is 17.7. The molecule has 3 N–H and O–H groups in total. The number of benzene rings is 3. The first-order valence-electron chi connectivity index (χ1n) is 9.01. The van der Waals surface area contributed by atoms with Gasteiger partial charge in [0.05, 0.1) is 28.3 Å². The number of carbonyl (C=O) groups excluding carboxylic acids is 1. The first kappa shape index (κ1) is 23.4. The number of sulfonamides is 1. The van der Waals surface area contributed by atoms with Crippen molar-refractivity contribution in [3.05, 3.63) is 82.9 Å². The van der Waals surface area contributed by atoms with Crippen LogP contribution in [-0.4, -0.2) is 19.4 Å². The van der Waals surface area contributed by atoms with Crippen LogP contribution in [0.3, 0.4) is 0 Å². The van der Waals surface area contributed by atoms with Gasteiger partial charge in [0, 0.05) is 5.02 Å². The van der Waals surface area contributed by atoms with Crippen molar-refractivity contribution < 1.29 is 31.5 Å². The molecule has 3 rings (SSSR count). The molecule has 0 bridgehead atoms. The van der Waals surface area contributed by atoms with Crippen LogP contribution in [0.5, 0.6) is 5.75 Å². The van der Waals surface area contributed by atoms with Crippen LogP contribution < -0.4 is 10.0 Å². The molecule has 32 heavy (non-hydrogen) atoms. The summed E-state index contributed by atoms with van der Waals surface area (Å²) in [7, 11) is -4.08. The summed E-state index contributed by atoms with van der Waals surface area (Å²) in [5.74, 6) is -1.15. The molecule has 0 aliphatic heterocycles. The third kappa shape index (κ3) is 5.92. The summed E-state index contributed by atoms with van der Waals surface area (Å²) in [5, 5.41) is 12.6. The molecule has 0 aromatic heterocycles. The number of anilines is 2. The normalized spacial score (nSPS) is 11.8. The van der Waals surface area contributed by atoms with Gasteiger partial charge in [-0.2, -0.15) is 13.2 Å². The number of alkyl halides is 3. The Morgan fingerprint density at radius 1 is 1.00 bits per heavy atom. The lowest BCUT2D eigenvalue weighted by molar-refractivity contribution is -0.137. The summed E-state index contributed by atoms with van der Waals surface area (Å²) in [6.45, 7) is 0. The van der Waals surface area contributed by atoms with Crippen molar-refractivity contribution >= 4 is 38.9 Å². The number of carbonyl (C=O) groups is 1. The van der Waals surface area contributed by atoms with E-state index in [-0.39, 0.29) is 21.8 Å². The molecular formula is C21H16ClF3N2O4S.